The summed E-state index contributed by atoms with van der Waals surface area (Å²) in [4.78, 5) is 9.21. The van der Waals surface area contributed by atoms with Crippen LogP contribution in [0.5, 0.6) is 0 Å². The molecule has 3 heterocycles. The number of fused-ring (bicyclic) bond motifs is 1. The Kier molecular flexibility index (Phi) is 3.95. The average molecular weight is 314 g/mol. The van der Waals surface area contributed by atoms with E-state index in [1.54, 1.807) is 6.33 Å². The van der Waals surface area contributed by atoms with Crippen molar-refractivity contribution in [3.8, 4) is 0 Å². The van der Waals surface area contributed by atoms with Gasteiger partial charge in [-0.2, -0.15) is 5.10 Å². The van der Waals surface area contributed by atoms with Crippen molar-refractivity contribution in [3.05, 3.63) is 24.2 Å². The minimum absolute atomic E-state index is 0.567. The molecule has 0 atom stereocenters. The van der Waals surface area contributed by atoms with E-state index in [2.05, 4.69) is 39.1 Å². The van der Waals surface area contributed by atoms with E-state index >= 15 is 0 Å². The van der Waals surface area contributed by atoms with Gasteiger partial charge in [-0.25, -0.2) is 9.50 Å². The minimum Gasteiger partial charge on any atom is -0.382 e. The molecule has 2 fully saturated rings. The lowest BCUT2D eigenvalue weighted by atomic mass is 9.83. The molecule has 1 saturated heterocycles. The molecule has 1 saturated carbocycles. The first kappa shape index (κ1) is 14.9. The van der Waals surface area contributed by atoms with Crippen LogP contribution in [0.2, 0.25) is 0 Å². The van der Waals surface area contributed by atoms with Crippen LogP contribution >= 0.6 is 0 Å². The first-order valence-corrected chi connectivity index (χ1v) is 8.73. The highest BCUT2D eigenvalue weighted by Gasteiger charge is 2.29. The molecule has 6 nitrogen and oxygen atoms in total. The van der Waals surface area contributed by atoms with Crippen molar-refractivity contribution in [2.45, 2.75) is 37.6 Å². The minimum atomic E-state index is 0.567. The van der Waals surface area contributed by atoms with Crippen LogP contribution in [-0.4, -0.2) is 63.7 Å². The number of nitrogen functional groups attached to an aromatic ring is 1. The molecule has 1 aliphatic carbocycles. The SMILES string of the molecule is CN1CCN([C@H]2CC[C@@H](c3ccc4c(N)ncnn43)CC2)CC1. The van der Waals surface area contributed by atoms with Crippen LogP contribution in [0.3, 0.4) is 0 Å². The fourth-order valence-corrected chi connectivity index (χ4v) is 4.21. The van der Waals surface area contributed by atoms with Crippen molar-refractivity contribution >= 4 is 11.3 Å². The van der Waals surface area contributed by atoms with Gasteiger partial charge in [0.25, 0.3) is 0 Å². The van der Waals surface area contributed by atoms with Gasteiger partial charge in [0.1, 0.15) is 11.8 Å². The zero-order chi connectivity index (χ0) is 15.8. The van der Waals surface area contributed by atoms with Crippen LogP contribution in [0.15, 0.2) is 18.5 Å². The Balaban J connectivity index is 1.44. The second-order valence-electron chi connectivity index (χ2n) is 7.05. The standard InChI is InChI=1S/C17H26N6/c1-21-8-10-22(11-9-21)14-4-2-13(3-5-14)15-6-7-16-17(18)19-12-20-23(15)16/h6-7,12-14H,2-5,8-11H2,1H3,(H2,18,19,20)/t13-,14+. The van der Waals surface area contributed by atoms with E-state index in [1.165, 1.54) is 57.6 Å². The predicted molar refractivity (Wildman–Crippen MR) is 91.5 cm³/mol. The maximum absolute atomic E-state index is 5.95. The zero-order valence-corrected chi connectivity index (χ0v) is 13.9. The topological polar surface area (TPSA) is 62.7 Å². The summed E-state index contributed by atoms with van der Waals surface area (Å²) in [6, 6.07) is 5.00. The fourth-order valence-electron chi connectivity index (χ4n) is 4.21. The molecular weight excluding hydrogens is 288 g/mol. The largest absolute Gasteiger partial charge is 0.382 e. The molecule has 0 amide bonds. The Hall–Kier alpha value is -1.66. The highest BCUT2D eigenvalue weighted by Crippen LogP contribution is 2.35. The summed E-state index contributed by atoms with van der Waals surface area (Å²) in [7, 11) is 2.22. The second kappa shape index (κ2) is 6.09. The third-order valence-electron chi connectivity index (χ3n) is 5.68. The lowest BCUT2D eigenvalue weighted by Crippen LogP contribution is -2.49. The van der Waals surface area contributed by atoms with Gasteiger partial charge in [0.2, 0.25) is 0 Å². The van der Waals surface area contributed by atoms with Crippen molar-refractivity contribution in [1.82, 2.24) is 24.4 Å². The number of aromatic nitrogens is 3. The summed E-state index contributed by atoms with van der Waals surface area (Å²) < 4.78 is 1.99. The van der Waals surface area contributed by atoms with Crippen molar-refractivity contribution in [2.24, 2.45) is 0 Å². The predicted octanol–water partition coefficient (Wildman–Crippen LogP) is 1.59. The van der Waals surface area contributed by atoms with Crippen molar-refractivity contribution in [2.75, 3.05) is 39.0 Å². The number of piperazine rings is 1. The summed E-state index contributed by atoms with van der Waals surface area (Å²) >= 11 is 0. The quantitative estimate of drug-likeness (QED) is 0.912. The van der Waals surface area contributed by atoms with Gasteiger partial charge in [0.05, 0.1) is 0 Å². The lowest BCUT2D eigenvalue weighted by molar-refractivity contribution is 0.0874. The van der Waals surface area contributed by atoms with Crippen LogP contribution in [0, 0.1) is 0 Å². The van der Waals surface area contributed by atoms with E-state index in [0.717, 1.165) is 11.6 Å². The van der Waals surface area contributed by atoms with E-state index in [9.17, 15) is 0 Å². The van der Waals surface area contributed by atoms with E-state index in [-0.39, 0.29) is 0 Å². The highest BCUT2D eigenvalue weighted by atomic mass is 15.3. The molecule has 6 heteroatoms. The monoisotopic (exact) mass is 314 g/mol. The Labute approximate surface area is 137 Å². The van der Waals surface area contributed by atoms with E-state index < -0.39 is 0 Å². The summed E-state index contributed by atoms with van der Waals surface area (Å²) in [6.45, 7) is 4.87. The molecule has 0 radical (unpaired) electrons. The van der Waals surface area contributed by atoms with Gasteiger partial charge in [-0.1, -0.05) is 0 Å². The Bertz CT molecular complexity index is 665. The molecule has 124 valence electrons. The number of likely N-dealkylation sites (N-methyl/N-ethyl adjacent to an activating group) is 1. The number of hydrogen-bond acceptors (Lipinski definition) is 5. The molecule has 1 aliphatic heterocycles. The van der Waals surface area contributed by atoms with E-state index in [0.29, 0.717) is 11.7 Å². The van der Waals surface area contributed by atoms with Gasteiger partial charge >= 0.3 is 0 Å². The van der Waals surface area contributed by atoms with Gasteiger partial charge in [-0.3, -0.25) is 4.90 Å². The van der Waals surface area contributed by atoms with Gasteiger partial charge in [-0.15, -0.1) is 0 Å². The molecule has 2 aliphatic rings. The van der Waals surface area contributed by atoms with Gasteiger partial charge < -0.3 is 10.6 Å². The third-order valence-corrected chi connectivity index (χ3v) is 5.68. The molecule has 23 heavy (non-hydrogen) atoms. The number of anilines is 1. The number of nitrogens with zero attached hydrogens (tertiary/aromatic N) is 5. The van der Waals surface area contributed by atoms with Crippen LogP contribution in [-0.2, 0) is 0 Å². The first-order valence-electron chi connectivity index (χ1n) is 8.73. The van der Waals surface area contributed by atoms with E-state index in [4.69, 9.17) is 5.73 Å². The third kappa shape index (κ3) is 2.81. The van der Waals surface area contributed by atoms with Gasteiger partial charge in [-0.05, 0) is 44.9 Å². The van der Waals surface area contributed by atoms with Crippen LogP contribution < -0.4 is 5.73 Å². The maximum atomic E-state index is 5.95. The molecule has 0 unspecified atom stereocenters. The van der Waals surface area contributed by atoms with Gasteiger partial charge in [0, 0.05) is 43.8 Å². The zero-order valence-electron chi connectivity index (χ0n) is 13.9. The Morgan fingerprint density at radius 3 is 2.52 bits per heavy atom. The summed E-state index contributed by atoms with van der Waals surface area (Å²) in [6.07, 6.45) is 6.63. The van der Waals surface area contributed by atoms with Crippen molar-refractivity contribution in [3.63, 3.8) is 0 Å². The highest BCUT2D eigenvalue weighted by molar-refractivity contribution is 5.65. The van der Waals surface area contributed by atoms with Crippen molar-refractivity contribution < 1.29 is 0 Å². The lowest BCUT2D eigenvalue weighted by Gasteiger charge is -2.41. The number of hydrogen-bond donors (Lipinski definition) is 1. The Morgan fingerprint density at radius 1 is 1.04 bits per heavy atom. The first-order chi connectivity index (χ1) is 11.2. The van der Waals surface area contributed by atoms with Crippen LogP contribution in [0.4, 0.5) is 5.82 Å². The normalized spacial score (nSPS) is 27.5. The molecule has 0 spiro atoms. The van der Waals surface area contributed by atoms with Crippen LogP contribution in [0.1, 0.15) is 37.3 Å². The van der Waals surface area contributed by atoms with Gasteiger partial charge in [0.15, 0.2) is 5.82 Å². The average Bonchev–Trinajstić information content (AvgIpc) is 3.01. The smallest absolute Gasteiger partial charge is 0.151 e. The summed E-state index contributed by atoms with van der Waals surface area (Å²) in [5.41, 5.74) is 8.18. The molecule has 2 aromatic heterocycles. The summed E-state index contributed by atoms with van der Waals surface area (Å²) in [5, 5.41) is 4.40. The second-order valence-corrected chi connectivity index (χ2v) is 7.05. The summed E-state index contributed by atoms with van der Waals surface area (Å²) in [5.74, 6) is 1.16. The molecule has 2 N–H and O–H groups in total. The molecule has 4 rings (SSSR count). The molecule has 0 aromatic carbocycles. The van der Waals surface area contributed by atoms with Crippen LogP contribution in [0.25, 0.3) is 5.52 Å². The number of nitrogens with two attached hydrogens (primary N) is 1. The number of rotatable bonds is 2. The Morgan fingerprint density at radius 2 is 1.78 bits per heavy atom. The molecular formula is C17H26N6. The fraction of sp³-hybridized carbons (Fsp3) is 0.647. The molecule has 0 bridgehead atoms. The molecule has 2 aromatic rings. The van der Waals surface area contributed by atoms with Crippen molar-refractivity contribution in [1.29, 1.82) is 0 Å². The van der Waals surface area contributed by atoms with E-state index in [1.807, 2.05) is 4.52 Å². The maximum Gasteiger partial charge on any atom is 0.151 e.